The second-order valence-electron chi connectivity index (χ2n) is 3.06. The monoisotopic (exact) mass is 180 g/mol. The van der Waals surface area contributed by atoms with Crippen molar-refractivity contribution in [2.45, 2.75) is 19.8 Å². The number of hydrogen-bond donors (Lipinski definition) is 1. The summed E-state index contributed by atoms with van der Waals surface area (Å²) in [5, 5.41) is 8.82. The zero-order valence-electron chi connectivity index (χ0n) is 7.09. The van der Waals surface area contributed by atoms with Crippen LogP contribution in [0.5, 0.6) is 0 Å². The summed E-state index contributed by atoms with van der Waals surface area (Å²) in [6.45, 7) is 1.56. The molecule has 0 aliphatic heterocycles. The first-order valence-electron chi connectivity index (χ1n) is 4.00. The van der Waals surface area contributed by atoms with Gasteiger partial charge in [-0.05, 0) is 6.92 Å². The van der Waals surface area contributed by atoms with Crippen molar-refractivity contribution in [3.63, 3.8) is 0 Å². The number of carboxylic acid groups (broad SMARTS) is 1. The van der Waals surface area contributed by atoms with E-state index in [1.165, 1.54) is 0 Å². The van der Waals surface area contributed by atoms with Crippen molar-refractivity contribution in [2.24, 2.45) is 0 Å². The second kappa shape index (κ2) is 2.45. The number of ketones is 1. The standard InChI is InChI=1S/C9H8O4/c1-4-7(9(11)12)8-5(10)2-3-6(8)13-4/h2-3H2,1H3,(H,11,12). The Morgan fingerprint density at radius 2 is 2.15 bits per heavy atom. The lowest BCUT2D eigenvalue weighted by Gasteiger charge is -1.92. The highest BCUT2D eigenvalue weighted by Gasteiger charge is 2.32. The number of rotatable bonds is 1. The van der Waals surface area contributed by atoms with Crippen LogP contribution in [0.2, 0.25) is 0 Å². The highest BCUT2D eigenvalue weighted by molar-refractivity contribution is 6.09. The van der Waals surface area contributed by atoms with Crippen molar-refractivity contribution in [2.75, 3.05) is 0 Å². The number of fused-ring (bicyclic) bond motifs is 1. The van der Waals surface area contributed by atoms with Gasteiger partial charge in [0.15, 0.2) is 5.78 Å². The molecule has 0 saturated carbocycles. The lowest BCUT2D eigenvalue weighted by Crippen LogP contribution is -2.04. The maximum atomic E-state index is 11.3. The molecule has 0 spiro atoms. The molecule has 4 heteroatoms. The first-order chi connectivity index (χ1) is 6.11. The quantitative estimate of drug-likeness (QED) is 0.709. The highest BCUT2D eigenvalue weighted by atomic mass is 16.4. The molecule has 1 aromatic heterocycles. The van der Waals surface area contributed by atoms with E-state index < -0.39 is 5.97 Å². The Balaban J connectivity index is 2.68. The maximum Gasteiger partial charge on any atom is 0.340 e. The van der Waals surface area contributed by atoms with Gasteiger partial charge >= 0.3 is 5.97 Å². The largest absolute Gasteiger partial charge is 0.478 e. The minimum atomic E-state index is -1.09. The molecule has 1 aromatic rings. The summed E-state index contributed by atoms with van der Waals surface area (Å²) >= 11 is 0. The van der Waals surface area contributed by atoms with Gasteiger partial charge in [-0.2, -0.15) is 0 Å². The Morgan fingerprint density at radius 3 is 2.77 bits per heavy atom. The molecule has 2 rings (SSSR count). The zero-order valence-corrected chi connectivity index (χ0v) is 7.09. The van der Waals surface area contributed by atoms with E-state index in [1.54, 1.807) is 6.92 Å². The highest BCUT2D eigenvalue weighted by Crippen LogP contribution is 2.30. The average Bonchev–Trinajstić information content (AvgIpc) is 2.51. The van der Waals surface area contributed by atoms with Gasteiger partial charge < -0.3 is 9.52 Å². The topological polar surface area (TPSA) is 67.5 Å². The van der Waals surface area contributed by atoms with Gasteiger partial charge in [-0.15, -0.1) is 0 Å². The maximum absolute atomic E-state index is 11.3. The number of furan rings is 1. The SMILES string of the molecule is Cc1oc2c(c1C(=O)O)C(=O)CC2. The van der Waals surface area contributed by atoms with Crippen molar-refractivity contribution in [3.05, 3.63) is 22.6 Å². The van der Waals surface area contributed by atoms with Gasteiger partial charge in [-0.25, -0.2) is 4.79 Å². The minimum absolute atomic E-state index is 0.0394. The molecule has 0 aromatic carbocycles. The van der Waals surface area contributed by atoms with Crippen LogP contribution in [0.1, 0.15) is 38.7 Å². The van der Waals surface area contributed by atoms with E-state index in [4.69, 9.17) is 9.52 Å². The number of carbonyl (C=O) groups is 2. The summed E-state index contributed by atoms with van der Waals surface area (Å²) in [6.07, 6.45) is 0.900. The Kier molecular flexibility index (Phi) is 1.52. The van der Waals surface area contributed by atoms with Gasteiger partial charge in [0.25, 0.3) is 0 Å². The number of aromatic carboxylic acids is 1. The van der Waals surface area contributed by atoms with E-state index >= 15 is 0 Å². The van der Waals surface area contributed by atoms with E-state index in [9.17, 15) is 9.59 Å². The molecule has 0 bridgehead atoms. The second-order valence-corrected chi connectivity index (χ2v) is 3.06. The Morgan fingerprint density at radius 1 is 1.46 bits per heavy atom. The molecule has 0 saturated heterocycles. The number of hydrogen-bond acceptors (Lipinski definition) is 3. The fraction of sp³-hybridized carbons (Fsp3) is 0.333. The summed E-state index contributed by atoms with van der Waals surface area (Å²) in [7, 11) is 0. The van der Waals surface area contributed by atoms with Crippen molar-refractivity contribution in [1.82, 2.24) is 0 Å². The van der Waals surface area contributed by atoms with Crippen LogP contribution in [0.3, 0.4) is 0 Å². The molecule has 1 aliphatic rings. The minimum Gasteiger partial charge on any atom is -0.478 e. The zero-order chi connectivity index (χ0) is 9.59. The molecule has 0 unspecified atom stereocenters. The number of aryl methyl sites for hydroxylation is 2. The van der Waals surface area contributed by atoms with Gasteiger partial charge in [-0.3, -0.25) is 4.79 Å². The van der Waals surface area contributed by atoms with Gasteiger partial charge in [0, 0.05) is 12.8 Å². The Bertz CT molecular complexity index is 400. The molecule has 1 heterocycles. The third-order valence-corrected chi connectivity index (χ3v) is 2.23. The molecular formula is C9H8O4. The van der Waals surface area contributed by atoms with Gasteiger partial charge in [-0.1, -0.05) is 0 Å². The van der Waals surface area contributed by atoms with E-state index in [0.29, 0.717) is 24.4 Å². The predicted molar refractivity (Wildman–Crippen MR) is 43.1 cm³/mol. The van der Waals surface area contributed by atoms with Crippen LogP contribution in [0.15, 0.2) is 4.42 Å². The first-order valence-corrected chi connectivity index (χ1v) is 4.00. The molecule has 0 atom stereocenters. The molecule has 1 aliphatic carbocycles. The fourth-order valence-corrected chi connectivity index (χ4v) is 1.68. The van der Waals surface area contributed by atoms with Gasteiger partial charge in [0.1, 0.15) is 17.1 Å². The molecule has 13 heavy (non-hydrogen) atoms. The van der Waals surface area contributed by atoms with Crippen molar-refractivity contribution in [3.8, 4) is 0 Å². The molecule has 1 N–H and O–H groups in total. The Labute approximate surface area is 74.2 Å². The third kappa shape index (κ3) is 0.983. The summed E-state index contributed by atoms with van der Waals surface area (Å²) in [5.41, 5.74) is 0.322. The fourth-order valence-electron chi connectivity index (χ4n) is 1.68. The smallest absolute Gasteiger partial charge is 0.340 e. The molecule has 4 nitrogen and oxygen atoms in total. The van der Waals surface area contributed by atoms with E-state index in [1.807, 2.05) is 0 Å². The van der Waals surface area contributed by atoms with Crippen molar-refractivity contribution >= 4 is 11.8 Å². The normalized spacial score (nSPS) is 14.7. The Hall–Kier alpha value is -1.58. The number of carboxylic acids is 1. The van der Waals surface area contributed by atoms with E-state index in [0.717, 1.165) is 0 Å². The first kappa shape index (κ1) is 8.04. The van der Waals surface area contributed by atoms with Crippen molar-refractivity contribution in [1.29, 1.82) is 0 Å². The molecule has 0 amide bonds. The summed E-state index contributed by atoms with van der Waals surface area (Å²) < 4.78 is 5.19. The molecular weight excluding hydrogens is 172 g/mol. The third-order valence-electron chi connectivity index (χ3n) is 2.23. The van der Waals surface area contributed by atoms with Gasteiger partial charge in [0.2, 0.25) is 0 Å². The van der Waals surface area contributed by atoms with Crippen LogP contribution in [0.25, 0.3) is 0 Å². The summed E-state index contributed by atoms with van der Waals surface area (Å²) in [6, 6.07) is 0. The lowest BCUT2D eigenvalue weighted by molar-refractivity contribution is 0.0690. The summed E-state index contributed by atoms with van der Waals surface area (Å²) in [5.74, 6) is -0.354. The summed E-state index contributed by atoms with van der Waals surface area (Å²) in [4.78, 5) is 22.1. The number of Topliss-reactive ketones (excluding diaryl/α,β-unsaturated/α-hetero) is 1. The van der Waals surface area contributed by atoms with Crippen LogP contribution in [-0.2, 0) is 6.42 Å². The lowest BCUT2D eigenvalue weighted by atomic mass is 10.1. The van der Waals surface area contributed by atoms with E-state index in [2.05, 4.69) is 0 Å². The molecule has 0 radical (unpaired) electrons. The molecule has 0 fully saturated rings. The average molecular weight is 180 g/mol. The predicted octanol–water partition coefficient (Wildman–Crippen LogP) is 1.42. The van der Waals surface area contributed by atoms with Crippen LogP contribution in [-0.4, -0.2) is 16.9 Å². The molecule has 68 valence electrons. The van der Waals surface area contributed by atoms with Gasteiger partial charge in [0.05, 0.1) is 5.56 Å². The van der Waals surface area contributed by atoms with E-state index in [-0.39, 0.29) is 16.9 Å². The number of carbonyl (C=O) groups excluding carboxylic acids is 1. The van der Waals surface area contributed by atoms with Crippen LogP contribution in [0, 0.1) is 6.92 Å². The van der Waals surface area contributed by atoms with Crippen molar-refractivity contribution < 1.29 is 19.1 Å². The van der Waals surface area contributed by atoms with Crippen LogP contribution >= 0.6 is 0 Å². The van der Waals surface area contributed by atoms with Crippen LogP contribution in [0.4, 0.5) is 0 Å². The van der Waals surface area contributed by atoms with Crippen LogP contribution < -0.4 is 0 Å².